The molecule has 1 aliphatic carbocycles. The van der Waals surface area contributed by atoms with Crippen molar-refractivity contribution in [3.8, 4) is 5.69 Å². The summed E-state index contributed by atoms with van der Waals surface area (Å²) in [4.78, 5) is 26.3. The van der Waals surface area contributed by atoms with E-state index in [1.807, 2.05) is 36.9 Å². The summed E-state index contributed by atoms with van der Waals surface area (Å²) in [5, 5.41) is 9.24. The Kier molecular flexibility index (Phi) is 4.13. The molecule has 5 heteroatoms. The zero-order chi connectivity index (χ0) is 19.3. The molecule has 1 aliphatic heterocycles. The van der Waals surface area contributed by atoms with Gasteiger partial charge in [0.05, 0.1) is 11.5 Å². The number of benzene rings is 1. The normalized spacial score (nSPS) is 20.7. The van der Waals surface area contributed by atoms with E-state index in [0.29, 0.717) is 13.1 Å². The van der Waals surface area contributed by atoms with Crippen molar-refractivity contribution in [1.82, 2.24) is 9.47 Å². The first-order valence-electron chi connectivity index (χ1n) is 9.61. The molecule has 1 unspecified atom stereocenters. The minimum Gasteiger partial charge on any atom is -0.481 e. The van der Waals surface area contributed by atoms with Crippen molar-refractivity contribution in [2.24, 2.45) is 11.3 Å². The molecule has 2 aromatic rings. The average Bonchev–Trinajstić information content (AvgIpc) is 3.26. The molecule has 1 saturated carbocycles. The van der Waals surface area contributed by atoms with Crippen LogP contribution in [-0.4, -0.2) is 39.5 Å². The van der Waals surface area contributed by atoms with Crippen LogP contribution in [0.5, 0.6) is 0 Å². The number of likely N-dealkylation sites (tertiary alicyclic amines) is 1. The van der Waals surface area contributed by atoms with E-state index in [9.17, 15) is 14.7 Å². The summed E-state index contributed by atoms with van der Waals surface area (Å²) in [6.07, 6.45) is 2.37. The topological polar surface area (TPSA) is 62.5 Å². The number of carboxylic acids is 1. The maximum absolute atomic E-state index is 13.1. The molecule has 2 heterocycles. The number of para-hydroxylation sites is 1. The highest BCUT2D eigenvalue weighted by molar-refractivity contribution is 5.96. The first-order chi connectivity index (χ1) is 12.8. The van der Waals surface area contributed by atoms with Crippen LogP contribution in [0.2, 0.25) is 0 Å². The average molecular weight is 366 g/mol. The molecule has 1 atom stereocenters. The van der Waals surface area contributed by atoms with E-state index in [2.05, 4.69) is 23.6 Å². The van der Waals surface area contributed by atoms with E-state index in [-0.39, 0.29) is 17.2 Å². The minimum atomic E-state index is -0.684. The lowest BCUT2D eigenvalue weighted by Crippen LogP contribution is -2.40. The molecule has 1 N–H and O–H groups in total. The second-order valence-electron chi connectivity index (χ2n) is 8.16. The van der Waals surface area contributed by atoms with Crippen LogP contribution in [-0.2, 0) is 4.79 Å². The molecule has 1 spiro atoms. The van der Waals surface area contributed by atoms with Gasteiger partial charge in [-0.25, -0.2) is 0 Å². The number of piperidine rings is 1. The summed E-state index contributed by atoms with van der Waals surface area (Å²) >= 11 is 0. The monoisotopic (exact) mass is 366 g/mol. The molecule has 1 aromatic carbocycles. The number of carboxylic acid groups (broad SMARTS) is 1. The Hall–Kier alpha value is -2.56. The lowest BCUT2D eigenvalue weighted by atomic mass is 9.90. The number of hydrogen-bond donors (Lipinski definition) is 1. The zero-order valence-corrected chi connectivity index (χ0v) is 16.2. The number of carbonyl (C=O) groups excluding carboxylic acids is 1. The molecule has 1 amide bonds. The van der Waals surface area contributed by atoms with Crippen LogP contribution in [0, 0.1) is 32.1 Å². The van der Waals surface area contributed by atoms with Gasteiger partial charge in [0, 0.05) is 30.2 Å². The number of aromatic nitrogens is 1. The number of aryl methyl sites for hydroxylation is 2. The second-order valence-corrected chi connectivity index (χ2v) is 8.16. The molecule has 1 saturated heterocycles. The van der Waals surface area contributed by atoms with E-state index < -0.39 is 5.97 Å². The van der Waals surface area contributed by atoms with Crippen LogP contribution >= 0.6 is 0 Å². The molecule has 2 fully saturated rings. The number of rotatable bonds is 3. The molecule has 2 aliphatic rings. The van der Waals surface area contributed by atoms with Crippen molar-refractivity contribution >= 4 is 11.9 Å². The standard InChI is InChI=1S/C22H26N2O3/c1-14-6-4-5-7-19(14)24-15(2)12-17(16(24)3)20(25)23-10-8-22(9-11-23)13-18(22)21(26)27/h4-7,12,18H,8-11,13H2,1-3H3,(H,26,27). The van der Waals surface area contributed by atoms with Crippen molar-refractivity contribution < 1.29 is 14.7 Å². The Morgan fingerprint density at radius 3 is 2.37 bits per heavy atom. The van der Waals surface area contributed by atoms with Crippen LogP contribution in [0.4, 0.5) is 0 Å². The van der Waals surface area contributed by atoms with Crippen LogP contribution in [0.1, 0.15) is 46.6 Å². The van der Waals surface area contributed by atoms with Crippen molar-refractivity contribution in [2.45, 2.75) is 40.0 Å². The highest BCUT2D eigenvalue weighted by atomic mass is 16.4. The van der Waals surface area contributed by atoms with Crippen LogP contribution in [0.15, 0.2) is 30.3 Å². The number of hydrogen-bond acceptors (Lipinski definition) is 2. The van der Waals surface area contributed by atoms with Crippen molar-refractivity contribution in [3.63, 3.8) is 0 Å². The van der Waals surface area contributed by atoms with E-state index >= 15 is 0 Å². The predicted molar refractivity (Wildman–Crippen MR) is 103 cm³/mol. The van der Waals surface area contributed by atoms with E-state index in [4.69, 9.17) is 0 Å². The smallest absolute Gasteiger partial charge is 0.307 e. The molecular weight excluding hydrogens is 340 g/mol. The third-order valence-electron chi connectivity index (χ3n) is 6.55. The summed E-state index contributed by atoms with van der Waals surface area (Å²) < 4.78 is 2.15. The second kappa shape index (κ2) is 6.25. The molecule has 0 radical (unpaired) electrons. The lowest BCUT2D eigenvalue weighted by molar-refractivity contribution is -0.139. The van der Waals surface area contributed by atoms with Gasteiger partial charge in [0.1, 0.15) is 0 Å². The van der Waals surface area contributed by atoms with Gasteiger partial charge in [0.15, 0.2) is 0 Å². The van der Waals surface area contributed by atoms with Gasteiger partial charge in [-0.2, -0.15) is 0 Å². The largest absolute Gasteiger partial charge is 0.481 e. The number of aliphatic carboxylic acids is 1. The Labute approximate surface area is 159 Å². The predicted octanol–water partition coefficient (Wildman–Crippen LogP) is 3.73. The van der Waals surface area contributed by atoms with Gasteiger partial charge in [-0.05, 0) is 63.1 Å². The summed E-state index contributed by atoms with van der Waals surface area (Å²) in [5.41, 5.74) is 4.98. The highest BCUT2D eigenvalue weighted by Gasteiger charge is 2.59. The Morgan fingerprint density at radius 1 is 1.11 bits per heavy atom. The van der Waals surface area contributed by atoms with E-state index in [1.54, 1.807) is 0 Å². The number of carbonyl (C=O) groups is 2. The van der Waals surface area contributed by atoms with Crippen molar-refractivity contribution in [3.05, 3.63) is 52.8 Å². The Morgan fingerprint density at radius 2 is 1.78 bits per heavy atom. The molecule has 0 bridgehead atoms. The quantitative estimate of drug-likeness (QED) is 0.900. The zero-order valence-electron chi connectivity index (χ0n) is 16.2. The third kappa shape index (κ3) is 2.85. The van der Waals surface area contributed by atoms with E-state index in [0.717, 1.165) is 41.9 Å². The van der Waals surface area contributed by atoms with Gasteiger partial charge in [0.2, 0.25) is 0 Å². The van der Waals surface area contributed by atoms with Gasteiger partial charge in [-0.1, -0.05) is 18.2 Å². The van der Waals surface area contributed by atoms with E-state index in [1.165, 1.54) is 5.56 Å². The lowest BCUT2D eigenvalue weighted by Gasteiger charge is -2.32. The van der Waals surface area contributed by atoms with Gasteiger partial charge < -0.3 is 14.6 Å². The van der Waals surface area contributed by atoms with Crippen LogP contribution in [0.25, 0.3) is 5.69 Å². The molecule has 1 aromatic heterocycles. The SMILES string of the molecule is Cc1ccccc1-n1c(C)cc(C(=O)N2CCC3(CC2)CC3C(=O)O)c1C. The van der Waals surface area contributed by atoms with Crippen LogP contribution in [0.3, 0.4) is 0 Å². The molecule has 4 rings (SSSR count). The first kappa shape index (κ1) is 17.8. The fourth-order valence-electron chi connectivity index (χ4n) is 4.74. The fourth-order valence-corrected chi connectivity index (χ4v) is 4.74. The summed E-state index contributed by atoms with van der Waals surface area (Å²) in [6.45, 7) is 7.41. The Bertz CT molecular complexity index is 920. The molecular formula is C22H26N2O3. The van der Waals surface area contributed by atoms with Gasteiger partial charge in [-0.3, -0.25) is 9.59 Å². The summed E-state index contributed by atoms with van der Waals surface area (Å²) in [7, 11) is 0. The van der Waals surface area contributed by atoms with Crippen LogP contribution < -0.4 is 0 Å². The van der Waals surface area contributed by atoms with Crippen molar-refractivity contribution in [1.29, 1.82) is 0 Å². The Balaban J connectivity index is 1.55. The van der Waals surface area contributed by atoms with Gasteiger partial charge >= 0.3 is 5.97 Å². The fraction of sp³-hybridized carbons (Fsp3) is 0.455. The third-order valence-corrected chi connectivity index (χ3v) is 6.55. The van der Waals surface area contributed by atoms with Gasteiger partial charge in [-0.15, -0.1) is 0 Å². The summed E-state index contributed by atoms with van der Waals surface area (Å²) in [5.74, 6) is -0.831. The first-order valence-corrected chi connectivity index (χ1v) is 9.61. The maximum atomic E-state index is 13.1. The number of nitrogens with zero attached hydrogens (tertiary/aromatic N) is 2. The maximum Gasteiger partial charge on any atom is 0.307 e. The number of amides is 1. The highest BCUT2D eigenvalue weighted by Crippen LogP contribution is 2.59. The molecule has 142 valence electrons. The molecule has 27 heavy (non-hydrogen) atoms. The molecule has 5 nitrogen and oxygen atoms in total. The summed E-state index contributed by atoms with van der Waals surface area (Å²) in [6, 6.07) is 10.2. The minimum absolute atomic E-state index is 0.0549. The van der Waals surface area contributed by atoms with Crippen molar-refractivity contribution in [2.75, 3.05) is 13.1 Å². The van der Waals surface area contributed by atoms with Gasteiger partial charge in [0.25, 0.3) is 5.91 Å².